The van der Waals surface area contributed by atoms with Gasteiger partial charge in [0.25, 0.3) is 11.8 Å². The van der Waals surface area contributed by atoms with E-state index in [1.165, 1.54) is 49.7 Å². The summed E-state index contributed by atoms with van der Waals surface area (Å²) in [4.78, 5) is 69.1. The van der Waals surface area contributed by atoms with Crippen LogP contribution in [0, 0.1) is 46.3 Å². The lowest BCUT2D eigenvalue weighted by Crippen LogP contribution is -2.57. The molecule has 2 aromatic heterocycles. The van der Waals surface area contributed by atoms with Gasteiger partial charge in [0.2, 0.25) is 0 Å². The normalized spacial score (nSPS) is 22.6. The summed E-state index contributed by atoms with van der Waals surface area (Å²) in [5.41, 5.74) is 0.775. The molecule has 4 aliphatic rings. The number of carbonyl (C=O) groups excluding carboxylic acids is 5. The smallest absolute Gasteiger partial charge is 0.350 e. The highest BCUT2D eigenvalue weighted by Crippen LogP contribution is 2.41. The number of hydrogen-bond acceptors (Lipinski definition) is 11. The van der Waals surface area contributed by atoms with E-state index < -0.39 is 24.1 Å². The standard InChI is InChI=1S/C25H33NO4S.C24H31NO5S/c1-6-10-21-23(27)26(20(16-30-21)17-11-8-7-9-12-17)19-15-18(13-14-25(2,3)4)31-22(19)24(28)29-5;1-24(2,3)12-10-17-14-18(21(31-17)23(28)29-4)25-19(16-8-6-5-7-9-16)15-30-20(11-13-26)22(25)27/h6,15,17,20-21H,1,7-12,16H2,2-5H3;13-14,16,19-20H,5-9,11,15H2,1-4H3/t20-,21+;19-,20+/m00/s1. The highest BCUT2D eigenvalue weighted by Gasteiger charge is 2.44. The van der Waals surface area contributed by atoms with Crippen LogP contribution in [0.5, 0.6) is 0 Å². The number of morpholine rings is 2. The van der Waals surface area contributed by atoms with E-state index in [4.69, 9.17) is 18.9 Å². The average Bonchev–Trinajstić information content (AvgIpc) is 3.88. The molecule has 0 unspecified atom stereocenters. The Morgan fingerprint density at radius 1 is 0.710 bits per heavy atom. The molecule has 2 amide bonds. The summed E-state index contributed by atoms with van der Waals surface area (Å²) in [6.45, 7) is 16.8. The predicted octanol–water partition coefficient (Wildman–Crippen LogP) is 9.39. The maximum atomic E-state index is 13.5. The summed E-state index contributed by atoms with van der Waals surface area (Å²) in [5, 5.41) is 0. The van der Waals surface area contributed by atoms with Gasteiger partial charge in [0.1, 0.15) is 28.2 Å². The summed E-state index contributed by atoms with van der Waals surface area (Å²) in [7, 11) is 2.70. The number of esters is 2. The van der Waals surface area contributed by atoms with Gasteiger partial charge in [-0.05, 0) is 91.2 Å². The molecule has 4 heterocycles. The number of hydrogen-bond donors (Lipinski definition) is 0. The Hall–Kier alpha value is -4.27. The van der Waals surface area contributed by atoms with Crippen molar-refractivity contribution in [2.75, 3.05) is 37.2 Å². The molecule has 4 fully saturated rings. The molecule has 0 spiro atoms. The first kappa shape index (κ1) is 48.8. The van der Waals surface area contributed by atoms with Crippen molar-refractivity contribution in [3.63, 3.8) is 0 Å². The van der Waals surface area contributed by atoms with Crippen LogP contribution in [0.25, 0.3) is 0 Å². The number of carbonyl (C=O) groups is 5. The lowest BCUT2D eigenvalue weighted by atomic mass is 9.82. The van der Waals surface area contributed by atoms with Crippen molar-refractivity contribution in [1.82, 2.24) is 0 Å². The second-order valence-corrected chi connectivity index (χ2v) is 20.7. The zero-order chi connectivity index (χ0) is 45.2. The molecule has 336 valence electrons. The number of thiophene rings is 2. The van der Waals surface area contributed by atoms with Crippen LogP contribution >= 0.6 is 22.7 Å². The van der Waals surface area contributed by atoms with Crippen molar-refractivity contribution in [3.05, 3.63) is 44.3 Å². The van der Waals surface area contributed by atoms with Gasteiger partial charge in [-0.3, -0.25) is 9.59 Å². The summed E-state index contributed by atoms with van der Waals surface area (Å²) in [5.74, 6) is 12.1. The van der Waals surface area contributed by atoms with Crippen LogP contribution in [0.3, 0.4) is 0 Å². The Morgan fingerprint density at radius 2 is 1.10 bits per heavy atom. The van der Waals surface area contributed by atoms with Crippen LogP contribution in [0.15, 0.2) is 24.8 Å². The van der Waals surface area contributed by atoms with Crippen LogP contribution in [0.2, 0.25) is 0 Å². The van der Waals surface area contributed by atoms with Gasteiger partial charge in [0.15, 0.2) is 0 Å². The van der Waals surface area contributed by atoms with Gasteiger partial charge in [-0.1, -0.05) is 68.3 Å². The molecule has 4 atom stereocenters. The van der Waals surface area contributed by atoms with Crippen LogP contribution in [-0.4, -0.2) is 81.8 Å². The summed E-state index contributed by atoms with van der Waals surface area (Å²) >= 11 is 2.53. The van der Waals surface area contributed by atoms with Gasteiger partial charge in [-0.25, -0.2) is 9.59 Å². The van der Waals surface area contributed by atoms with E-state index >= 15 is 0 Å². The molecule has 0 aromatic carbocycles. The zero-order valence-corrected chi connectivity index (χ0v) is 39.4. The number of methoxy groups -OCH3 is 2. The second kappa shape index (κ2) is 21.9. The molecule has 13 heteroatoms. The highest BCUT2D eigenvalue weighted by molar-refractivity contribution is 7.15. The fourth-order valence-corrected chi connectivity index (χ4v) is 10.3. The Labute approximate surface area is 376 Å². The van der Waals surface area contributed by atoms with E-state index in [0.717, 1.165) is 56.2 Å². The molecule has 2 aliphatic carbocycles. The molecular weight excluding hydrogens is 825 g/mol. The third-order valence-electron chi connectivity index (χ3n) is 11.5. The van der Waals surface area contributed by atoms with E-state index in [0.29, 0.717) is 63.8 Å². The predicted molar refractivity (Wildman–Crippen MR) is 245 cm³/mol. The fourth-order valence-electron chi connectivity index (χ4n) is 8.48. The molecule has 0 N–H and O–H groups in total. The van der Waals surface area contributed by atoms with Crippen molar-refractivity contribution >= 4 is 64.1 Å². The molecule has 11 nitrogen and oxygen atoms in total. The molecule has 2 saturated carbocycles. The van der Waals surface area contributed by atoms with Crippen LogP contribution in [-0.2, 0) is 33.3 Å². The van der Waals surface area contributed by atoms with E-state index in [1.54, 1.807) is 11.0 Å². The minimum absolute atomic E-state index is 0.00109. The Morgan fingerprint density at radius 3 is 1.44 bits per heavy atom. The average molecular weight is 889 g/mol. The zero-order valence-electron chi connectivity index (χ0n) is 37.8. The lowest BCUT2D eigenvalue weighted by molar-refractivity contribution is -0.139. The first-order chi connectivity index (χ1) is 29.5. The third kappa shape index (κ3) is 12.5. The number of ether oxygens (including phenoxy) is 4. The maximum Gasteiger partial charge on any atom is 0.350 e. The van der Waals surface area contributed by atoms with Crippen LogP contribution < -0.4 is 9.80 Å². The topological polar surface area (TPSA) is 129 Å². The van der Waals surface area contributed by atoms with Gasteiger partial charge in [0, 0.05) is 23.7 Å². The Bertz CT molecular complexity index is 1910. The molecule has 2 aromatic rings. The van der Waals surface area contributed by atoms with Crippen molar-refractivity contribution in [2.45, 2.75) is 143 Å². The van der Waals surface area contributed by atoms with Crippen LogP contribution in [0.4, 0.5) is 11.4 Å². The van der Waals surface area contributed by atoms with Crippen molar-refractivity contribution in [3.8, 4) is 23.7 Å². The second-order valence-electron chi connectivity index (χ2n) is 18.6. The molecule has 0 radical (unpaired) electrons. The monoisotopic (exact) mass is 888 g/mol. The lowest BCUT2D eigenvalue weighted by Gasteiger charge is -2.43. The van der Waals surface area contributed by atoms with Crippen LogP contribution in [0.1, 0.15) is 148 Å². The van der Waals surface area contributed by atoms with Crippen molar-refractivity contribution in [2.24, 2.45) is 22.7 Å². The first-order valence-electron chi connectivity index (χ1n) is 21.9. The summed E-state index contributed by atoms with van der Waals surface area (Å²) in [6, 6.07) is 3.43. The number of nitrogens with zero attached hydrogens (tertiary/aromatic N) is 2. The minimum atomic E-state index is -0.827. The molecular formula is C49H64N2O9S2. The molecule has 6 rings (SSSR count). The van der Waals surface area contributed by atoms with Gasteiger partial charge in [-0.2, -0.15) is 0 Å². The maximum absolute atomic E-state index is 13.5. The van der Waals surface area contributed by atoms with E-state index in [1.807, 2.05) is 58.6 Å². The number of rotatable bonds is 10. The largest absolute Gasteiger partial charge is 0.465 e. The molecule has 0 bridgehead atoms. The highest BCUT2D eigenvalue weighted by atomic mass is 32.1. The molecule has 2 aliphatic heterocycles. The summed E-state index contributed by atoms with van der Waals surface area (Å²) < 4.78 is 21.9. The van der Waals surface area contributed by atoms with Gasteiger partial charge < -0.3 is 33.5 Å². The number of aldehydes is 1. The first-order valence-corrected chi connectivity index (χ1v) is 23.6. The van der Waals surface area contributed by atoms with Gasteiger partial charge >= 0.3 is 11.9 Å². The number of amides is 2. The Kier molecular flexibility index (Phi) is 17.2. The van der Waals surface area contributed by atoms with E-state index in [9.17, 15) is 24.0 Å². The van der Waals surface area contributed by atoms with Crippen molar-refractivity contribution < 1.29 is 42.9 Å². The SMILES string of the molecule is C=CC[C@H]1OC[C@@H](C2CCCCC2)N(c2cc(C#CC(C)(C)C)sc2C(=O)OC)C1=O.COC(=O)c1sc(C#CC(C)(C)C)cc1N1C(=O)[C@@H](CC=O)OC[C@H]1C1CCCCC1. The molecule has 2 saturated heterocycles. The summed E-state index contributed by atoms with van der Waals surface area (Å²) in [6.07, 6.45) is 12.6. The van der Waals surface area contributed by atoms with E-state index in [2.05, 4.69) is 30.3 Å². The van der Waals surface area contributed by atoms with Gasteiger partial charge in [0.05, 0.1) is 60.6 Å². The van der Waals surface area contributed by atoms with Crippen molar-refractivity contribution in [1.29, 1.82) is 0 Å². The van der Waals surface area contributed by atoms with E-state index in [-0.39, 0.29) is 41.1 Å². The third-order valence-corrected chi connectivity index (χ3v) is 13.6. The number of anilines is 2. The molecule has 62 heavy (non-hydrogen) atoms. The fraction of sp³-hybridized carbons (Fsp3) is 0.612. The van der Waals surface area contributed by atoms with Gasteiger partial charge in [-0.15, -0.1) is 29.3 Å². The quantitative estimate of drug-likeness (QED) is 0.0992. The minimum Gasteiger partial charge on any atom is -0.465 e. The Balaban J connectivity index is 0.000000234.